The standard InChI is InChI=1S/C26H37N5O3/c1-6-23-22(17-20-7-9-21(10-8-20)31(33)34)26(28-24(27-23)15-18(2)3)30-13-11-29(12-14-30)25(32)16-19(4)5/h7-10,18-19H,6,11-17H2,1-5H3. The third-order valence-corrected chi connectivity index (χ3v) is 6.09. The summed E-state index contributed by atoms with van der Waals surface area (Å²) >= 11 is 0. The molecule has 2 heterocycles. The van der Waals surface area contributed by atoms with Crippen molar-refractivity contribution < 1.29 is 9.72 Å². The molecule has 0 atom stereocenters. The van der Waals surface area contributed by atoms with Crippen molar-refractivity contribution in [1.29, 1.82) is 0 Å². The molecular formula is C26H37N5O3. The van der Waals surface area contributed by atoms with Crippen molar-refractivity contribution in [3.63, 3.8) is 0 Å². The van der Waals surface area contributed by atoms with E-state index in [1.165, 1.54) is 0 Å². The smallest absolute Gasteiger partial charge is 0.269 e. The number of aryl methyl sites for hydroxylation is 1. The second-order valence-electron chi connectivity index (χ2n) is 9.91. The monoisotopic (exact) mass is 467 g/mol. The molecule has 8 heteroatoms. The minimum absolute atomic E-state index is 0.0883. The first kappa shape index (κ1) is 25.6. The van der Waals surface area contributed by atoms with E-state index in [0.717, 1.165) is 54.4 Å². The normalized spacial score (nSPS) is 14.2. The number of carbonyl (C=O) groups is 1. The zero-order chi connectivity index (χ0) is 24.8. The number of hydrogen-bond acceptors (Lipinski definition) is 6. The number of nitro groups is 1. The van der Waals surface area contributed by atoms with Gasteiger partial charge >= 0.3 is 0 Å². The van der Waals surface area contributed by atoms with Gasteiger partial charge in [0, 0.05) is 68.8 Å². The molecule has 34 heavy (non-hydrogen) atoms. The quantitative estimate of drug-likeness (QED) is 0.400. The van der Waals surface area contributed by atoms with Crippen molar-refractivity contribution in [3.05, 3.63) is 57.0 Å². The number of non-ortho nitro benzene ring substituents is 1. The number of anilines is 1. The highest BCUT2D eigenvalue weighted by molar-refractivity contribution is 5.76. The Bertz CT molecular complexity index is 996. The summed E-state index contributed by atoms with van der Waals surface area (Å²) in [6, 6.07) is 6.72. The van der Waals surface area contributed by atoms with Gasteiger partial charge in [-0.1, -0.05) is 46.8 Å². The Balaban J connectivity index is 1.90. The largest absolute Gasteiger partial charge is 0.353 e. The Morgan fingerprint density at radius 3 is 2.21 bits per heavy atom. The SMILES string of the molecule is CCc1nc(CC(C)C)nc(N2CCN(C(=O)CC(C)C)CC2)c1Cc1ccc([N+](=O)[O-])cc1. The Labute approximate surface area is 202 Å². The van der Waals surface area contributed by atoms with Crippen molar-refractivity contribution in [3.8, 4) is 0 Å². The fourth-order valence-corrected chi connectivity index (χ4v) is 4.34. The lowest BCUT2D eigenvalue weighted by Gasteiger charge is -2.37. The summed E-state index contributed by atoms with van der Waals surface area (Å²) in [5, 5.41) is 11.0. The molecule has 3 rings (SSSR count). The summed E-state index contributed by atoms with van der Waals surface area (Å²) < 4.78 is 0. The summed E-state index contributed by atoms with van der Waals surface area (Å²) in [6.45, 7) is 13.4. The molecule has 1 fully saturated rings. The minimum Gasteiger partial charge on any atom is -0.353 e. The fraction of sp³-hybridized carbons (Fsp3) is 0.577. The van der Waals surface area contributed by atoms with Crippen LogP contribution in [-0.4, -0.2) is 51.9 Å². The van der Waals surface area contributed by atoms with Crippen LogP contribution in [0.2, 0.25) is 0 Å². The molecule has 8 nitrogen and oxygen atoms in total. The van der Waals surface area contributed by atoms with Crippen LogP contribution in [-0.2, 0) is 24.1 Å². The van der Waals surface area contributed by atoms with Crippen molar-refractivity contribution in [2.75, 3.05) is 31.1 Å². The first-order valence-electron chi connectivity index (χ1n) is 12.3. The third kappa shape index (κ3) is 6.52. The van der Waals surface area contributed by atoms with Gasteiger partial charge in [-0.05, 0) is 23.8 Å². The molecule has 1 aromatic heterocycles. The van der Waals surface area contributed by atoms with Crippen LogP contribution in [0.15, 0.2) is 24.3 Å². The van der Waals surface area contributed by atoms with Crippen LogP contribution in [0.1, 0.15) is 63.7 Å². The Hall–Kier alpha value is -3.03. The molecule has 1 aromatic carbocycles. The molecule has 1 amide bonds. The van der Waals surface area contributed by atoms with Gasteiger partial charge in [0.2, 0.25) is 5.91 Å². The summed E-state index contributed by atoms with van der Waals surface area (Å²) in [4.78, 5) is 37.4. The lowest BCUT2D eigenvalue weighted by molar-refractivity contribution is -0.384. The zero-order valence-electron chi connectivity index (χ0n) is 21.1. The van der Waals surface area contributed by atoms with Gasteiger partial charge in [-0.15, -0.1) is 0 Å². The number of aromatic nitrogens is 2. The first-order chi connectivity index (χ1) is 16.2. The van der Waals surface area contributed by atoms with Gasteiger partial charge in [0.25, 0.3) is 5.69 Å². The molecule has 2 aromatic rings. The van der Waals surface area contributed by atoms with Crippen molar-refractivity contribution >= 4 is 17.4 Å². The molecule has 0 spiro atoms. The van der Waals surface area contributed by atoms with E-state index in [1.54, 1.807) is 12.1 Å². The van der Waals surface area contributed by atoms with Gasteiger partial charge in [0.1, 0.15) is 11.6 Å². The second-order valence-corrected chi connectivity index (χ2v) is 9.91. The fourth-order valence-electron chi connectivity index (χ4n) is 4.34. The van der Waals surface area contributed by atoms with E-state index in [0.29, 0.717) is 37.8 Å². The molecule has 184 valence electrons. The molecule has 0 unspecified atom stereocenters. The minimum atomic E-state index is -0.378. The number of nitrogens with zero attached hydrogens (tertiary/aromatic N) is 5. The zero-order valence-corrected chi connectivity index (χ0v) is 21.1. The summed E-state index contributed by atoms with van der Waals surface area (Å²) in [7, 11) is 0. The van der Waals surface area contributed by atoms with E-state index in [9.17, 15) is 14.9 Å². The highest BCUT2D eigenvalue weighted by Gasteiger charge is 2.26. The molecule has 1 aliphatic rings. The van der Waals surface area contributed by atoms with Crippen LogP contribution in [0.4, 0.5) is 11.5 Å². The number of nitro benzene ring substituents is 1. The topological polar surface area (TPSA) is 92.5 Å². The van der Waals surface area contributed by atoms with Crippen LogP contribution in [0.25, 0.3) is 0 Å². The van der Waals surface area contributed by atoms with Gasteiger partial charge in [0.05, 0.1) is 4.92 Å². The van der Waals surface area contributed by atoms with E-state index in [1.807, 2.05) is 17.0 Å². The molecular weight excluding hydrogens is 430 g/mol. The third-order valence-electron chi connectivity index (χ3n) is 6.09. The Morgan fingerprint density at radius 1 is 1.03 bits per heavy atom. The van der Waals surface area contributed by atoms with E-state index >= 15 is 0 Å². The number of benzene rings is 1. The van der Waals surface area contributed by atoms with Crippen molar-refractivity contribution in [1.82, 2.24) is 14.9 Å². The average Bonchev–Trinajstić information content (AvgIpc) is 2.79. The first-order valence-corrected chi connectivity index (χ1v) is 12.3. The lowest BCUT2D eigenvalue weighted by Crippen LogP contribution is -2.49. The van der Waals surface area contributed by atoms with Crippen LogP contribution in [0, 0.1) is 22.0 Å². The number of rotatable bonds is 9. The van der Waals surface area contributed by atoms with Crippen molar-refractivity contribution in [2.24, 2.45) is 11.8 Å². The van der Waals surface area contributed by atoms with Crippen LogP contribution < -0.4 is 4.90 Å². The van der Waals surface area contributed by atoms with E-state index in [4.69, 9.17) is 9.97 Å². The van der Waals surface area contributed by atoms with Gasteiger partial charge in [-0.25, -0.2) is 9.97 Å². The maximum absolute atomic E-state index is 12.5. The van der Waals surface area contributed by atoms with Crippen LogP contribution in [0.5, 0.6) is 0 Å². The average molecular weight is 468 g/mol. The van der Waals surface area contributed by atoms with Gasteiger partial charge < -0.3 is 9.80 Å². The molecule has 1 aliphatic heterocycles. The van der Waals surface area contributed by atoms with E-state index in [2.05, 4.69) is 39.5 Å². The number of amides is 1. The van der Waals surface area contributed by atoms with Gasteiger partial charge in [-0.3, -0.25) is 14.9 Å². The van der Waals surface area contributed by atoms with Gasteiger partial charge in [0.15, 0.2) is 0 Å². The molecule has 1 saturated heterocycles. The predicted molar refractivity (Wildman–Crippen MR) is 134 cm³/mol. The van der Waals surface area contributed by atoms with Gasteiger partial charge in [-0.2, -0.15) is 0 Å². The molecule has 0 radical (unpaired) electrons. The highest BCUT2D eigenvalue weighted by Crippen LogP contribution is 2.27. The molecule has 0 saturated carbocycles. The summed E-state index contributed by atoms with van der Waals surface area (Å²) in [6.07, 6.45) is 2.79. The lowest BCUT2D eigenvalue weighted by atomic mass is 10.0. The summed E-state index contributed by atoms with van der Waals surface area (Å²) in [5.41, 5.74) is 3.18. The molecule has 0 bridgehead atoms. The molecule has 0 aliphatic carbocycles. The van der Waals surface area contributed by atoms with Crippen molar-refractivity contribution in [2.45, 2.75) is 60.3 Å². The maximum Gasteiger partial charge on any atom is 0.269 e. The number of carbonyl (C=O) groups excluding carboxylic acids is 1. The van der Waals surface area contributed by atoms with Crippen LogP contribution >= 0.6 is 0 Å². The molecule has 0 N–H and O–H groups in total. The summed E-state index contributed by atoms with van der Waals surface area (Å²) in [5.74, 6) is 2.82. The highest BCUT2D eigenvalue weighted by atomic mass is 16.6. The Kier molecular flexibility index (Phi) is 8.58. The number of hydrogen-bond donors (Lipinski definition) is 0. The van der Waals surface area contributed by atoms with Crippen LogP contribution in [0.3, 0.4) is 0 Å². The second kappa shape index (κ2) is 11.4. The van der Waals surface area contributed by atoms with E-state index in [-0.39, 0.29) is 16.5 Å². The predicted octanol–water partition coefficient (Wildman–Crippen LogP) is 4.43. The van der Waals surface area contributed by atoms with E-state index < -0.39 is 0 Å². The number of piperazine rings is 1. The maximum atomic E-state index is 12.5. The Morgan fingerprint density at radius 2 is 1.68 bits per heavy atom.